The van der Waals surface area contributed by atoms with Gasteiger partial charge in [0.1, 0.15) is 0 Å². The van der Waals surface area contributed by atoms with Crippen LogP contribution in [0.5, 0.6) is 0 Å². The van der Waals surface area contributed by atoms with Crippen LogP contribution in [0.1, 0.15) is 36.3 Å². The molecule has 88 valence electrons. The highest BCUT2D eigenvalue weighted by Gasteiger charge is 2.33. The van der Waals surface area contributed by atoms with Gasteiger partial charge in [0, 0.05) is 11.9 Å². The molecule has 0 radical (unpaired) electrons. The molecule has 1 fully saturated rings. The Kier molecular flexibility index (Phi) is 2.60. The fraction of sp³-hybridized carbons (Fsp3) is 0.417. The van der Waals surface area contributed by atoms with Gasteiger partial charge in [-0.15, -0.1) is 0 Å². The maximum Gasteiger partial charge on any atom is 0.243 e. The lowest BCUT2D eigenvalue weighted by atomic mass is 10.2. The van der Waals surface area contributed by atoms with E-state index in [-0.39, 0.29) is 6.04 Å². The number of rotatable bonds is 4. The van der Waals surface area contributed by atoms with E-state index in [0.29, 0.717) is 24.1 Å². The lowest BCUT2D eigenvalue weighted by Gasteiger charge is -2.01. The number of hydrogen-bond donors (Lipinski definition) is 1. The Bertz CT molecular complexity index is 492. The first-order valence-electron chi connectivity index (χ1n) is 5.81. The van der Waals surface area contributed by atoms with Crippen LogP contribution in [0.25, 0.3) is 0 Å². The molecule has 1 aliphatic carbocycles. The zero-order valence-electron chi connectivity index (χ0n) is 9.41. The summed E-state index contributed by atoms with van der Waals surface area (Å²) in [6, 6.07) is 5.67. The molecule has 0 aromatic carbocycles. The number of nitrogens with two attached hydrogens (primary N) is 1. The summed E-state index contributed by atoms with van der Waals surface area (Å²) in [4.78, 5) is 8.55. The van der Waals surface area contributed by atoms with Crippen molar-refractivity contribution in [1.82, 2.24) is 15.1 Å². The quantitative estimate of drug-likeness (QED) is 0.860. The molecule has 5 nitrogen and oxygen atoms in total. The van der Waals surface area contributed by atoms with Crippen LogP contribution >= 0.6 is 0 Å². The van der Waals surface area contributed by atoms with Crippen molar-refractivity contribution in [2.75, 3.05) is 0 Å². The zero-order valence-corrected chi connectivity index (χ0v) is 9.41. The Labute approximate surface area is 99.1 Å². The number of hydrogen-bond acceptors (Lipinski definition) is 5. The molecular formula is C12H14N4O. The van der Waals surface area contributed by atoms with Crippen molar-refractivity contribution in [1.29, 1.82) is 0 Å². The molecule has 1 unspecified atom stereocenters. The molecular weight excluding hydrogens is 216 g/mol. The van der Waals surface area contributed by atoms with Gasteiger partial charge in [-0.2, -0.15) is 4.98 Å². The predicted molar refractivity (Wildman–Crippen MR) is 61.0 cm³/mol. The molecule has 2 heterocycles. The second-order valence-electron chi connectivity index (χ2n) is 4.41. The highest BCUT2D eigenvalue weighted by molar-refractivity contribution is 5.09. The fourth-order valence-electron chi connectivity index (χ4n) is 1.80. The Morgan fingerprint density at radius 2 is 2.29 bits per heavy atom. The van der Waals surface area contributed by atoms with Crippen LogP contribution in [-0.2, 0) is 6.42 Å². The van der Waals surface area contributed by atoms with Gasteiger partial charge in [0.05, 0.1) is 12.5 Å². The van der Waals surface area contributed by atoms with Gasteiger partial charge in [0.25, 0.3) is 0 Å². The third-order valence-corrected chi connectivity index (χ3v) is 2.96. The van der Waals surface area contributed by atoms with Gasteiger partial charge in [-0.25, -0.2) is 0 Å². The first kappa shape index (κ1) is 10.4. The maximum absolute atomic E-state index is 6.00. The minimum atomic E-state index is -0.0972. The SMILES string of the molecule is NC(c1nc(Cc2ccccn2)no1)C1CC1. The van der Waals surface area contributed by atoms with Crippen LogP contribution in [0.4, 0.5) is 0 Å². The molecule has 5 heteroatoms. The molecule has 0 amide bonds. The Hall–Kier alpha value is -1.75. The molecule has 2 N–H and O–H groups in total. The molecule has 1 aliphatic rings. The van der Waals surface area contributed by atoms with Crippen molar-refractivity contribution < 1.29 is 4.52 Å². The Morgan fingerprint density at radius 3 is 3.00 bits per heavy atom. The molecule has 0 aliphatic heterocycles. The summed E-state index contributed by atoms with van der Waals surface area (Å²) in [5.74, 6) is 1.73. The van der Waals surface area contributed by atoms with E-state index in [0.717, 1.165) is 5.69 Å². The van der Waals surface area contributed by atoms with E-state index in [4.69, 9.17) is 10.3 Å². The van der Waals surface area contributed by atoms with Crippen molar-refractivity contribution in [3.8, 4) is 0 Å². The summed E-state index contributed by atoms with van der Waals surface area (Å²) >= 11 is 0. The smallest absolute Gasteiger partial charge is 0.243 e. The largest absolute Gasteiger partial charge is 0.338 e. The highest BCUT2D eigenvalue weighted by atomic mass is 16.5. The zero-order chi connectivity index (χ0) is 11.7. The van der Waals surface area contributed by atoms with Gasteiger partial charge in [-0.05, 0) is 30.9 Å². The van der Waals surface area contributed by atoms with E-state index in [1.807, 2.05) is 18.2 Å². The summed E-state index contributed by atoms with van der Waals surface area (Å²) in [6.07, 6.45) is 4.67. The lowest BCUT2D eigenvalue weighted by Crippen LogP contribution is -2.12. The van der Waals surface area contributed by atoms with Crippen LogP contribution in [-0.4, -0.2) is 15.1 Å². The molecule has 2 aromatic rings. The van der Waals surface area contributed by atoms with Crippen molar-refractivity contribution in [2.45, 2.75) is 25.3 Å². The van der Waals surface area contributed by atoms with Crippen LogP contribution in [0.3, 0.4) is 0 Å². The number of pyridine rings is 1. The van der Waals surface area contributed by atoms with Crippen molar-refractivity contribution >= 4 is 0 Å². The van der Waals surface area contributed by atoms with E-state index in [2.05, 4.69) is 15.1 Å². The van der Waals surface area contributed by atoms with Gasteiger partial charge in [0.15, 0.2) is 5.82 Å². The second kappa shape index (κ2) is 4.25. The van der Waals surface area contributed by atoms with Gasteiger partial charge in [0.2, 0.25) is 5.89 Å². The molecule has 1 atom stereocenters. The standard InChI is InChI=1S/C12H14N4O/c13-11(8-4-5-8)12-15-10(16-17-12)7-9-3-1-2-6-14-9/h1-3,6,8,11H,4-5,7,13H2. The maximum atomic E-state index is 6.00. The summed E-state index contributed by atoms with van der Waals surface area (Å²) in [6.45, 7) is 0. The average molecular weight is 230 g/mol. The predicted octanol–water partition coefficient (Wildman–Crippen LogP) is 1.47. The third-order valence-electron chi connectivity index (χ3n) is 2.96. The first-order chi connectivity index (χ1) is 8.33. The van der Waals surface area contributed by atoms with E-state index >= 15 is 0 Å². The average Bonchev–Trinajstić information content (AvgIpc) is 3.11. The molecule has 0 bridgehead atoms. The van der Waals surface area contributed by atoms with Gasteiger partial charge < -0.3 is 10.3 Å². The van der Waals surface area contributed by atoms with E-state index in [9.17, 15) is 0 Å². The van der Waals surface area contributed by atoms with Gasteiger partial charge in [-0.1, -0.05) is 11.2 Å². The van der Waals surface area contributed by atoms with Crippen LogP contribution in [0.15, 0.2) is 28.9 Å². The van der Waals surface area contributed by atoms with E-state index < -0.39 is 0 Å². The molecule has 3 rings (SSSR count). The highest BCUT2D eigenvalue weighted by Crippen LogP contribution is 2.38. The second-order valence-corrected chi connectivity index (χ2v) is 4.41. The van der Waals surface area contributed by atoms with Crippen LogP contribution in [0.2, 0.25) is 0 Å². The minimum absolute atomic E-state index is 0.0972. The number of nitrogens with zero attached hydrogens (tertiary/aromatic N) is 3. The van der Waals surface area contributed by atoms with E-state index in [1.165, 1.54) is 12.8 Å². The van der Waals surface area contributed by atoms with Crippen molar-refractivity contribution in [3.05, 3.63) is 41.8 Å². The van der Waals surface area contributed by atoms with Gasteiger partial charge in [-0.3, -0.25) is 4.98 Å². The number of aromatic nitrogens is 3. The first-order valence-corrected chi connectivity index (χ1v) is 5.81. The molecule has 0 spiro atoms. The van der Waals surface area contributed by atoms with E-state index in [1.54, 1.807) is 6.20 Å². The normalized spacial score (nSPS) is 17.0. The summed E-state index contributed by atoms with van der Waals surface area (Å²) in [5, 5.41) is 3.94. The van der Waals surface area contributed by atoms with Gasteiger partial charge >= 0.3 is 0 Å². The molecule has 17 heavy (non-hydrogen) atoms. The lowest BCUT2D eigenvalue weighted by molar-refractivity contribution is 0.340. The topological polar surface area (TPSA) is 77.8 Å². The van der Waals surface area contributed by atoms with Crippen LogP contribution < -0.4 is 5.73 Å². The Morgan fingerprint density at radius 1 is 1.41 bits per heavy atom. The minimum Gasteiger partial charge on any atom is -0.338 e. The summed E-state index contributed by atoms with van der Waals surface area (Å²) in [7, 11) is 0. The molecule has 0 saturated heterocycles. The molecule has 1 saturated carbocycles. The van der Waals surface area contributed by atoms with Crippen LogP contribution in [0, 0.1) is 5.92 Å². The van der Waals surface area contributed by atoms with Crippen molar-refractivity contribution in [3.63, 3.8) is 0 Å². The molecule has 2 aromatic heterocycles. The third kappa shape index (κ3) is 2.34. The Balaban J connectivity index is 1.72. The monoisotopic (exact) mass is 230 g/mol. The van der Waals surface area contributed by atoms with Crippen molar-refractivity contribution in [2.24, 2.45) is 11.7 Å². The fourth-order valence-corrected chi connectivity index (χ4v) is 1.80. The summed E-state index contributed by atoms with van der Waals surface area (Å²) in [5.41, 5.74) is 6.93. The summed E-state index contributed by atoms with van der Waals surface area (Å²) < 4.78 is 5.19.